The summed E-state index contributed by atoms with van der Waals surface area (Å²) in [5.74, 6) is 0.605. The predicted molar refractivity (Wildman–Crippen MR) is 59.2 cm³/mol. The molecule has 0 aromatic carbocycles. The van der Waals surface area contributed by atoms with E-state index in [1.54, 1.807) is 11.3 Å². The number of hydrogen-bond acceptors (Lipinski definition) is 2. The van der Waals surface area contributed by atoms with Crippen molar-refractivity contribution in [3.63, 3.8) is 0 Å². The van der Waals surface area contributed by atoms with Gasteiger partial charge in [-0.2, -0.15) is 0 Å². The maximum atomic E-state index is 4.23. The van der Waals surface area contributed by atoms with Crippen molar-refractivity contribution in [3.8, 4) is 0 Å². The fourth-order valence-electron chi connectivity index (χ4n) is 1.13. The van der Waals surface area contributed by atoms with Gasteiger partial charge in [0.25, 0.3) is 0 Å². The molecule has 0 spiro atoms. The van der Waals surface area contributed by atoms with E-state index in [2.05, 4.69) is 32.3 Å². The monoisotopic (exact) mass is 195 g/mol. The molecule has 1 nitrogen and oxygen atoms in total. The molecule has 0 N–H and O–H groups in total. The molecule has 1 aromatic rings. The first kappa shape index (κ1) is 10.5. The van der Waals surface area contributed by atoms with E-state index in [1.807, 2.05) is 5.51 Å². The van der Waals surface area contributed by atoms with Crippen LogP contribution in [0.4, 0.5) is 0 Å². The van der Waals surface area contributed by atoms with E-state index in [9.17, 15) is 0 Å². The summed E-state index contributed by atoms with van der Waals surface area (Å²) in [5, 5.41) is 0. The van der Waals surface area contributed by atoms with E-state index in [0.29, 0.717) is 5.92 Å². The highest BCUT2D eigenvalue weighted by molar-refractivity contribution is 7.09. The number of nitrogens with zero attached hydrogens (tertiary/aromatic N) is 1. The Balaban J connectivity index is 2.44. The van der Waals surface area contributed by atoms with Crippen LogP contribution in [0.3, 0.4) is 0 Å². The van der Waals surface area contributed by atoms with Crippen molar-refractivity contribution in [3.05, 3.63) is 28.2 Å². The van der Waals surface area contributed by atoms with Gasteiger partial charge in [0.05, 0.1) is 11.2 Å². The standard InChI is InChI=1S/C11H17NS/c1-8(2)9(3)5-6-11-10(4)12-7-13-11/h7-8H,3,5-6H2,1-2,4H3. The topological polar surface area (TPSA) is 12.9 Å². The van der Waals surface area contributed by atoms with Gasteiger partial charge in [-0.1, -0.05) is 26.0 Å². The molecule has 72 valence electrons. The van der Waals surface area contributed by atoms with Crippen LogP contribution in [0.5, 0.6) is 0 Å². The lowest BCUT2D eigenvalue weighted by Crippen LogP contribution is -1.94. The number of thiazole rings is 1. The SMILES string of the molecule is C=C(CCc1scnc1C)C(C)C. The summed E-state index contributed by atoms with van der Waals surface area (Å²) in [7, 11) is 0. The van der Waals surface area contributed by atoms with Crippen molar-refractivity contribution in [1.29, 1.82) is 0 Å². The molecule has 0 fully saturated rings. The first-order valence-corrected chi connectivity index (χ1v) is 5.56. The summed E-state index contributed by atoms with van der Waals surface area (Å²) in [4.78, 5) is 5.63. The quantitative estimate of drug-likeness (QED) is 0.669. The Morgan fingerprint density at radius 3 is 2.77 bits per heavy atom. The van der Waals surface area contributed by atoms with Gasteiger partial charge >= 0.3 is 0 Å². The van der Waals surface area contributed by atoms with Crippen LogP contribution in [-0.2, 0) is 6.42 Å². The number of hydrogen-bond donors (Lipinski definition) is 0. The molecule has 1 rings (SSSR count). The maximum absolute atomic E-state index is 4.23. The molecule has 13 heavy (non-hydrogen) atoms. The average molecular weight is 195 g/mol. The molecule has 0 aliphatic carbocycles. The molecule has 2 heteroatoms. The van der Waals surface area contributed by atoms with E-state index in [1.165, 1.54) is 16.1 Å². The van der Waals surface area contributed by atoms with Crippen LogP contribution in [0.1, 0.15) is 30.8 Å². The van der Waals surface area contributed by atoms with Gasteiger partial charge in [-0.05, 0) is 25.7 Å². The lowest BCUT2D eigenvalue weighted by Gasteiger charge is -2.07. The van der Waals surface area contributed by atoms with Crippen molar-refractivity contribution < 1.29 is 0 Å². The molecule has 0 aliphatic rings. The molecule has 0 saturated carbocycles. The Kier molecular flexibility index (Phi) is 3.67. The van der Waals surface area contributed by atoms with Crippen LogP contribution < -0.4 is 0 Å². The molecule has 0 radical (unpaired) electrons. The fraction of sp³-hybridized carbons (Fsp3) is 0.545. The molecule has 0 bridgehead atoms. The van der Waals surface area contributed by atoms with Crippen LogP contribution in [-0.4, -0.2) is 4.98 Å². The van der Waals surface area contributed by atoms with Crippen LogP contribution in [0.25, 0.3) is 0 Å². The second-order valence-electron chi connectivity index (χ2n) is 3.67. The Labute approximate surface area is 84.5 Å². The first-order chi connectivity index (χ1) is 6.11. The van der Waals surface area contributed by atoms with Gasteiger partial charge in [-0.25, -0.2) is 4.98 Å². The normalized spacial score (nSPS) is 10.8. The lowest BCUT2D eigenvalue weighted by molar-refractivity contribution is 0.715. The van der Waals surface area contributed by atoms with E-state index < -0.39 is 0 Å². The Morgan fingerprint density at radius 1 is 1.62 bits per heavy atom. The zero-order chi connectivity index (χ0) is 9.84. The maximum Gasteiger partial charge on any atom is 0.0797 e. The van der Waals surface area contributed by atoms with Gasteiger partial charge in [-0.15, -0.1) is 11.3 Å². The molecule has 1 aromatic heterocycles. The minimum atomic E-state index is 0.605. The van der Waals surface area contributed by atoms with Gasteiger partial charge in [0, 0.05) is 4.88 Å². The summed E-state index contributed by atoms with van der Waals surface area (Å²) in [6, 6.07) is 0. The fourth-order valence-corrected chi connectivity index (χ4v) is 1.91. The third-order valence-electron chi connectivity index (χ3n) is 2.33. The summed E-state index contributed by atoms with van der Waals surface area (Å²) < 4.78 is 0. The highest BCUT2D eigenvalue weighted by atomic mass is 32.1. The Hall–Kier alpha value is -0.630. The first-order valence-electron chi connectivity index (χ1n) is 4.68. The second kappa shape index (κ2) is 4.56. The van der Waals surface area contributed by atoms with Gasteiger partial charge in [0.1, 0.15) is 0 Å². The predicted octanol–water partition coefficient (Wildman–Crippen LogP) is 3.60. The van der Waals surface area contributed by atoms with Crippen molar-refractivity contribution in [2.45, 2.75) is 33.6 Å². The number of rotatable bonds is 4. The third-order valence-corrected chi connectivity index (χ3v) is 3.33. The minimum absolute atomic E-state index is 0.605. The molecular weight excluding hydrogens is 178 g/mol. The highest BCUT2D eigenvalue weighted by Gasteiger charge is 2.04. The summed E-state index contributed by atoms with van der Waals surface area (Å²) >= 11 is 1.75. The summed E-state index contributed by atoms with van der Waals surface area (Å²) in [5.41, 5.74) is 4.44. The molecule has 0 amide bonds. The summed E-state index contributed by atoms with van der Waals surface area (Å²) in [6.45, 7) is 10.5. The highest BCUT2D eigenvalue weighted by Crippen LogP contribution is 2.19. The van der Waals surface area contributed by atoms with Crippen molar-refractivity contribution in [1.82, 2.24) is 4.98 Å². The molecule has 1 heterocycles. The van der Waals surface area contributed by atoms with Crippen LogP contribution in [0.15, 0.2) is 17.7 Å². The largest absolute Gasteiger partial charge is 0.250 e. The zero-order valence-electron chi connectivity index (χ0n) is 8.63. The second-order valence-corrected chi connectivity index (χ2v) is 4.61. The summed E-state index contributed by atoms with van der Waals surface area (Å²) in [6.07, 6.45) is 2.20. The molecule has 0 saturated heterocycles. The van der Waals surface area contributed by atoms with E-state index in [-0.39, 0.29) is 0 Å². The van der Waals surface area contributed by atoms with E-state index in [0.717, 1.165) is 12.8 Å². The van der Waals surface area contributed by atoms with Crippen molar-refractivity contribution in [2.75, 3.05) is 0 Å². The van der Waals surface area contributed by atoms with Crippen LogP contribution in [0, 0.1) is 12.8 Å². The van der Waals surface area contributed by atoms with Gasteiger partial charge in [0.2, 0.25) is 0 Å². The minimum Gasteiger partial charge on any atom is -0.250 e. The van der Waals surface area contributed by atoms with E-state index in [4.69, 9.17) is 0 Å². The Bertz CT molecular complexity index is 286. The average Bonchev–Trinajstić information content (AvgIpc) is 2.47. The smallest absolute Gasteiger partial charge is 0.0797 e. The van der Waals surface area contributed by atoms with Crippen molar-refractivity contribution >= 4 is 11.3 Å². The molecule has 0 aliphatic heterocycles. The van der Waals surface area contributed by atoms with Crippen LogP contribution in [0.2, 0.25) is 0 Å². The third kappa shape index (κ3) is 2.96. The van der Waals surface area contributed by atoms with Gasteiger partial charge in [-0.3, -0.25) is 0 Å². The lowest BCUT2D eigenvalue weighted by atomic mass is 10.00. The van der Waals surface area contributed by atoms with Crippen LogP contribution >= 0.6 is 11.3 Å². The van der Waals surface area contributed by atoms with E-state index >= 15 is 0 Å². The number of allylic oxidation sites excluding steroid dienone is 1. The molecule has 0 atom stereocenters. The zero-order valence-corrected chi connectivity index (χ0v) is 9.45. The molecular formula is C11H17NS. The number of aryl methyl sites for hydroxylation is 2. The van der Waals surface area contributed by atoms with Gasteiger partial charge in [0.15, 0.2) is 0 Å². The Morgan fingerprint density at radius 2 is 2.31 bits per heavy atom. The number of aromatic nitrogens is 1. The molecule has 0 unspecified atom stereocenters. The van der Waals surface area contributed by atoms with Gasteiger partial charge < -0.3 is 0 Å². The van der Waals surface area contributed by atoms with Crippen molar-refractivity contribution in [2.24, 2.45) is 5.92 Å².